The average Bonchev–Trinajstić information content (AvgIpc) is 4.12. The molecule has 3 saturated carbocycles. The summed E-state index contributed by atoms with van der Waals surface area (Å²) in [4.78, 5) is 79.8. The number of ether oxygens (including phenoxy) is 3. The lowest BCUT2D eigenvalue weighted by molar-refractivity contribution is -0.153. The van der Waals surface area contributed by atoms with E-state index >= 15 is 0 Å². The van der Waals surface area contributed by atoms with Crippen LogP contribution < -0.4 is 20.1 Å². The molecule has 0 radical (unpaired) electrons. The first-order valence-electron chi connectivity index (χ1n) is 18.4. The van der Waals surface area contributed by atoms with E-state index in [0.717, 1.165) is 4.88 Å². The Kier molecular flexibility index (Phi) is 10.1. The summed E-state index contributed by atoms with van der Waals surface area (Å²) in [5, 5.41) is 6.61. The Morgan fingerprint density at radius 1 is 1.05 bits per heavy atom. The van der Waals surface area contributed by atoms with Gasteiger partial charge in [0.2, 0.25) is 33.3 Å². The molecule has 3 N–H and O–H groups in total. The molecular formula is C38H44N6O10S2. The van der Waals surface area contributed by atoms with Crippen LogP contribution in [0.15, 0.2) is 54.4 Å². The van der Waals surface area contributed by atoms with Crippen LogP contribution in [0, 0.1) is 11.3 Å². The lowest BCUT2D eigenvalue weighted by Gasteiger charge is -2.35. The number of hydrogen-bond acceptors (Lipinski definition) is 13. The van der Waals surface area contributed by atoms with Crippen molar-refractivity contribution in [3.05, 3.63) is 54.4 Å². The Labute approximate surface area is 327 Å². The van der Waals surface area contributed by atoms with Gasteiger partial charge in [0, 0.05) is 25.2 Å². The van der Waals surface area contributed by atoms with Crippen molar-refractivity contribution in [1.29, 1.82) is 0 Å². The first-order valence-corrected chi connectivity index (χ1v) is 20.8. The molecule has 4 amide bonds. The van der Waals surface area contributed by atoms with Crippen LogP contribution in [0.3, 0.4) is 0 Å². The van der Waals surface area contributed by atoms with Crippen LogP contribution in [-0.2, 0) is 38.7 Å². The summed E-state index contributed by atoms with van der Waals surface area (Å²) in [6.07, 6.45) is 1.09. The van der Waals surface area contributed by atoms with E-state index in [9.17, 15) is 32.4 Å². The van der Waals surface area contributed by atoms with E-state index < -0.39 is 85.7 Å². The Hall–Kier alpha value is -5.10. The van der Waals surface area contributed by atoms with Crippen molar-refractivity contribution in [3.63, 3.8) is 0 Å². The molecule has 1 aromatic carbocycles. The molecule has 1 saturated heterocycles. The molecule has 18 heteroatoms. The minimum absolute atomic E-state index is 0.0560. The highest BCUT2D eigenvalue weighted by atomic mass is 32.2. The second kappa shape index (κ2) is 14.4. The third-order valence-corrected chi connectivity index (χ3v) is 13.3. The number of para-hydroxylation sites is 2. The lowest BCUT2D eigenvalue weighted by Crippen LogP contribution is -2.60. The second-order valence-electron chi connectivity index (χ2n) is 15.8. The normalized spacial score (nSPS) is 24.4. The van der Waals surface area contributed by atoms with Crippen LogP contribution in [0.25, 0.3) is 21.6 Å². The van der Waals surface area contributed by atoms with E-state index in [4.69, 9.17) is 24.2 Å². The molecular weight excluding hydrogens is 765 g/mol. The molecule has 0 spiro atoms. The molecule has 4 fully saturated rings. The number of methoxy groups -OCH3 is 1. The number of sulfonamides is 1. The highest BCUT2D eigenvalue weighted by molar-refractivity contribution is 7.91. The van der Waals surface area contributed by atoms with Crippen molar-refractivity contribution in [3.8, 4) is 16.5 Å². The van der Waals surface area contributed by atoms with Gasteiger partial charge in [0.05, 0.1) is 34.8 Å². The van der Waals surface area contributed by atoms with E-state index in [-0.39, 0.29) is 38.1 Å². The van der Waals surface area contributed by atoms with E-state index in [0.29, 0.717) is 29.6 Å². The number of carbonyl (C=O) groups is 5. The standard InChI is InChI=1S/C38H44N6O10S2/c1-6-21-19-38(21,33(47)43-56(50,51)23-13-14-23)42-30(45)26-18-22(53-31-28(27-12-9-17-55-27)39-24-10-7-8-11-25(24)40-31)20-44(26)32(46)29(36(2,3)4)41-35(49)54-37(15-16-37)34(48)52-5/h6-12,17,21-23,26,29H,1,13-16,18-20H2,2-5H3,(H,41,49)(H,42,45)(H,43,47)/t21-,22-,26+,29-,38?/m1/s1. The van der Waals surface area contributed by atoms with Gasteiger partial charge in [-0.1, -0.05) is 45.0 Å². The maximum absolute atomic E-state index is 14.7. The van der Waals surface area contributed by atoms with Crippen molar-refractivity contribution < 1.29 is 46.6 Å². The number of hydrogen-bond donors (Lipinski definition) is 3. The summed E-state index contributed by atoms with van der Waals surface area (Å²) in [6, 6.07) is 8.53. The monoisotopic (exact) mass is 808 g/mol. The molecule has 1 unspecified atom stereocenters. The predicted molar refractivity (Wildman–Crippen MR) is 203 cm³/mol. The molecule has 5 atom stereocenters. The number of likely N-dealkylation sites (tertiary alicyclic amines) is 1. The molecule has 56 heavy (non-hydrogen) atoms. The summed E-state index contributed by atoms with van der Waals surface area (Å²) >= 11 is 1.44. The van der Waals surface area contributed by atoms with Crippen LogP contribution >= 0.6 is 11.3 Å². The zero-order valence-electron chi connectivity index (χ0n) is 31.4. The number of thiophene rings is 1. The van der Waals surface area contributed by atoms with Gasteiger partial charge in [0.15, 0.2) is 0 Å². The Balaban J connectivity index is 1.19. The predicted octanol–water partition coefficient (Wildman–Crippen LogP) is 3.22. The number of carbonyl (C=O) groups excluding carboxylic acids is 5. The van der Waals surface area contributed by atoms with Crippen LogP contribution in [0.5, 0.6) is 5.88 Å². The van der Waals surface area contributed by atoms with Crippen LogP contribution in [0.1, 0.15) is 59.3 Å². The van der Waals surface area contributed by atoms with Crippen LogP contribution in [0.2, 0.25) is 0 Å². The minimum atomic E-state index is -3.94. The Bertz CT molecular complexity index is 2200. The highest BCUT2D eigenvalue weighted by Gasteiger charge is 2.62. The summed E-state index contributed by atoms with van der Waals surface area (Å²) in [5.74, 6) is -3.35. The average molecular weight is 809 g/mol. The summed E-state index contributed by atoms with van der Waals surface area (Å²) in [7, 11) is -2.75. The third kappa shape index (κ3) is 7.68. The number of nitrogens with one attached hydrogen (secondary N) is 3. The number of aromatic nitrogens is 2. The summed E-state index contributed by atoms with van der Waals surface area (Å²) in [6.45, 7) is 8.80. The first-order chi connectivity index (χ1) is 26.5. The molecule has 3 aliphatic carbocycles. The van der Waals surface area contributed by atoms with Crippen molar-refractivity contribution in [1.82, 2.24) is 30.2 Å². The van der Waals surface area contributed by atoms with E-state index in [1.807, 2.05) is 35.7 Å². The molecule has 3 aromatic rings. The minimum Gasteiger partial charge on any atom is -0.471 e. The van der Waals surface area contributed by atoms with E-state index in [1.165, 1.54) is 29.4 Å². The number of fused-ring (bicyclic) bond motifs is 1. The van der Waals surface area contributed by atoms with Gasteiger partial charge in [0.25, 0.3) is 5.91 Å². The summed E-state index contributed by atoms with van der Waals surface area (Å²) in [5.41, 5.74) is -2.30. The Morgan fingerprint density at radius 3 is 2.32 bits per heavy atom. The zero-order chi connectivity index (χ0) is 40.2. The largest absolute Gasteiger partial charge is 0.471 e. The van der Waals surface area contributed by atoms with Gasteiger partial charge < -0.3 is 29.7 Å². The first kappa shape index (κ1) is 39.1. The molecule has 4 aliphatic rings. The highest BCUT2D eigenvalue weighted by Crippen LogP contribution is 2.46. The van der Waals surface area contributed by atoms with Crippen molar-refractivity contribution >= 4 is 62.2 Å². The van der Waals surface area contributed by atoms with Gasteiger partial charge in [-0.3, -0.25) is 19.1 Å². The maximum atomic E-state index is 14.7. The molecule has 2 aromatic heterocycles. The van der Waals surface area contributed by atoms with E-state index in [1.54, 1.807) is 26.8 Å². The number of rotatable bonds is 13. The van der Waals surface area contributed by atoms with Gasteiger partial charge in [-0.2, -0.15) is 0 Å². The second-order valence-corrected chi connectivity index (χ2v) is 18.7. The lowest BCUT2D eigenvalue weighted by atomic mass is 9.85. The smallest absolute Gasteiger partial charge is 0.408 e. The molecule has 0 bridgehead atoms. The number of amides is 4. The fourth-order valence-corrected chi connectivity index (χ4v) is 9.05. The van der Waals surface area contributed by atoms with Crippen molar-refractivity contribution in [2.45, 2.75) is 93.9 Å². The molecule has 16 nitrogen and oxygen atoms in total. The van der Waals surface area contributed by atoms with Gasteiger partial charge in [-0.25, -0.2) is 28.0 Å². The van der Waals surface area contributed by atoms with E-state index in [2.05, 4.69) is 21.9 Å². The van der Waals surface area contributed by atoms with Crippen LogP contribution in [-0.4, -0.2) is 101 Å². The molecule has 1 aliphatic heterocycles. The topological polar surface area (TPSA) is 212 Å². The number of esters is 1. The number of nitrogens with zero attached hydrogens (tertiary/aromatic N) is 3. The van der Waals surface area contributed by atoms with Gasteiger partial charge >= 0.3 is 12.1 Å². The number of benzene rings is 1. The molecule has 298 valence electrons. The fourth-order valence-electron chi connectivity index (χ4n) is 6.98. The molecule has 3 heterocycles. The SMILES string of the molecule is C=C[C@@H]1CC1(NC(=O)[C@@H]1C[C@@H](Oc2nc3ccccc3nc2-c2cccs2)CN1C(=O)[C@@H](NC(=O)OC1(C(=O)OC)CC1)C(C)(C)C)C(=O)NS(=O)(=O)C1CC1. The van der Waals surface area contributed by atoms with Crippen molar-refractivity contribution in [2.24, 2.45) is 11.3 Å². The van der Waals surface area contributed by atoms with Gasteiger partial charge in [-0.15, -0.1) is 17.9 Å². The fraction of sp³-hybridized carbons (Fsp3) is 0.500. The zero-order valence-corrected chi connectivity index (χ0v) is 33.0. The number of alkyl carbamates (subject to hydrolysis) is 1. The van der Waals surface area contributed by atoms with Crippen LogP contribution in [0.4, 0.5) is 4.79 Å². The Morgan fingerprint density at radius 2 is 1.75 bits per heavy atom. The van der Waals surface area contributed by atoms with Crippen molar-refractivity contribution in [2.75, 3.05) is 13.7 Å². The third-order valence-electron chi connectivity index (χ3n) is 10.6. The van der Waals surface area contributed by atoms with Gasteiger partial charge in [0.1, 0.15) is 29.4 Å². The molecule has 7 rings (SSSR count). The quantitative estimate of drug-likeness (QED) is 0.168. The maximum Gasteiger partial charge on any atom is 0.408 e. The van der Waals surface area contributed by atoms with Gasteiger partial charge in [-0.05, 0) is 48.3 Å². The summed E-state index contributed by atoms with van der Waals surface area (Å²) < 4.78 is 44.4.